The number of aromatic nitrogens is 5. The Hall–Kier alpha value is -3.95. The Bertz CT molecular complexity index is 1120. The van der Waals surface area contributed by atoms with E-state index in [1.165, 1.54) is 0 Å². The van der Waals surface area contributed by atoms with Crippen LogP contribution in [-0.4, -0.2) is 42.3 Å². The Balaban J connectivity index is 1.37. The monoisotopic (exact) mass is 456 g/mol. The molecule has 1 amide bonds. The van der Waals surface area contributed by atoms with E-state index >= 15 is 0 Å². The molecule has 3 aromatic heterocycles. The van der Waals surface area contributed by atoms with Crippen molar-refractivity contribution in [2.24, 2.45) is 5.73 Å². The minimum atomic E-state index is -0.165. The first kappa shape index (κ1) is 23.2. The van der Waals surface area contributed by atoms with Gasteiger partial charge in [-0.3, -0.25) is 19.7 Å². The van der Waals surface area contributed by atoms with Crippen molar-refractivity contribution in [3.05, 3.63) is 102 Å². The van der Waals surface area contributed by atoms with Gasteiger partial charge in [0, 0.05) is 37.7 Å². The van der Waals surface area contributed by atoms with Gasteiger partial charge in [-0.25, -0.2) is 4.68 Å². The van der Waals surface area contributed by atoms with Crippen LogP contribution in [0.5, 0.6) is 0 Å². The predicted molar refractivity (Wildman–Crippen MR) is 129 cm³/mol. The zero-order valence-corrected chi connectivity index (χ0v) is 18.9. The number of anilines is 1. The summed E-state index contributed by atoms with van der Waals surface area (Å²) in [4.78, 5) is 23.5. The molecule has 3 N–H and O–H groups in total. The quantitative estimate of drug-likeness (QED) is 0.356. The Morgan fingerprint density at radius 3 is 2.12 bits per heavy atom. The molecule has 1 aromatic carbocycles. The van der Waals surface area contributed by atoms with Crippen LogP contribution in [0.15, 0.2) is 79.3 Å². The van der Waals surface area contributed by atoms with Crippen molar-refractivity contribution in [3.8, 4) is 0 Å². The fourth-order valence-corrected chi connectivity index (χ4v) is 3.60. The van der Waals surface area contributed by atoms with E-state index in [-0.39, 0.29) is 12.5 Å². The molecule has 0 saturated carbocycles. The molecule has 0 aliphatic rings. The molecular weight excluding hydrogens is 428 g/mol. The molecule has 0 spiro atoms. The van der Waals surface area contributed by atoms with E-state index < -0.39 is 0 Å². The maximum absolute atomic E-state index is 12.5. The van der Waals surface area contributed by atoms with Crippen molar-refractivity contribution in [2.45, 2.75) is 32.6 Å². The second-order valence-corrected chi connectivity index (χ2v) is 7.98. The average Bonchev–Trinajstić information content (AvgIpc) is 3.28. The highest BCUT2D eigenvalue weighted by Gasteiger charge is 2.13. The van der Waals surface area contributed by atoms with Crippen molar-refractivity contribution in [1.82, 2.24) is 29.9 Å². The lowest BCUT2D eigenvalue weighted by Gasteiger charge is -2.20. The number of benzene rings is 1. The molecule has 0 fully saturated rings. The van der Waals surface area contributed by atoms with Gasteiger partial charge in [-0.2, -0.15) is 0 Å². The van der Waals surface area contributed by atoms with Crippen LogP contribution < -0.4 is 11.1 Å². The van der Waals surface area contributed by atoms with Gasteiger partial charge in [0.05, 0.1) is 23.3 Å². The summed E-state index contributed by atoms with van der Waals surface area (Å²) in [6.45, 7) is 2.52. The van der Waals surface area contributed by atoms with Crippen molar-refractivity contribution < 1.29 is 4.79 Å². The van der Waals surface area contributed by atoms with Crippen LogP contribution in [0.2, 0.25) is 0 Å². The summed E-state index contributed by atoms with van der Waals surface area (Å²) in [7, 11) is 0. The lowest BCUT2D eigenvalue weighted by Crippen LogP contribution is -2.23. The Labute approximate surface area is 198 Å². The fraction of sp³-hybridized carbons (Fsp3) is 0.240. The molecule has 3 heterocycles. The highest BCUT2D eigenvalue weighted by atomic mass is 16.2. The summed E-state index contributed by atoms with van der Waals surface area (Å²) in [5, 5.41) is 11.3. The summed E-state index contributed by atoms with van der Waals surface area (Å²) in [6.07, 6.45) is 6.19. The molecule has 0 bridgehead atoms. The number of rotatable bonds is 11. The third kappa shape index (κ3) is 7.03. The molecule has 0 atom stereocenters. The Kier molecular flexibility index (Phi) is 8.04. The van der Waals surface area contributed by atoms with Gasteiger partial charge in [0.1, 0.15) is 6.54 Å². The summed E-state index contributed by atoms with van der Waals surface area (Å²) >= 11 is 0. The van der Waals surface area contributed by atoms with E-state index in [1.54, 1.807) is 23.3 Å². The number of nitrogens with one attached hydrogen (secondary N) is 1. The van der Waals surface area contributed by atoms with Gasteiger partial charge in [0.15, 0.2) is 0 Å². The third-order valence-electron chi connectivity index (χ3n) is 5.17. The molecule has 9 nitrogen and oxygen atoms in total. The average molecular weight is 457 g/mol. The second kappa shape index (κ2) is 11.8. The molecule has 4 rings (SSSR count). The second-order valence-electron chi connectivity index (χ2n) is 7.98. The van der Waals surface area contributed by atoms with Crippen LogP contribution in [0.1, 0.15) is 22.6 Å². The molecule has 174 valence electrons. The topological polar surface area (TPSA) is 115 Å². The van der Waals surface area contributed by atoms with Crippen molar-refractivity contribution in [1.29, 1.82) is 0 Å². The molecule has 0 radical (unpaired) electrons. The smallest absolute Gasteiger partial charge is 0.246 e. The van der Waals surface area contributed by atoms with Crippen LogP contribution in [0.25, 0.3) is 0 Å². The maximum atomic E-state index is 12.5. The molecule has 0 unspecified atom stereocenters. The van der Waals surface area contributed by atoms with Crippen LogP contribution >= 0.6 is 0 Å². The minimum Gasteiger partial charge on any atom is -0.330 e. The first-order valence-corrected chi connectivity index (χ1v) is 11.2. The highest BCUT2D eigenvalue weighted by molar-refractivity contribution is 5.90. The van der Waals surface area contributed by atoms with Crippen LogP contribution in [0, 0.1) is 0 Å². The fourth-order valence-electron chi connectivity index (χ4n) is 3.60. The number of hydrogen-bond acceptors (Lipinski definition) is 7. The lowest BCUT2D eigenvalue weighted by atomic mass is 10.1. The maximum Gasteiger partial charge on any atom is 0.246 e. The Morgan fingerprint density at radius 1 is 0.882 bits per heavy atom. The summed E-state index contributed by atoms with van der Waals surface area (Å²) in [5.74, 6) is -0.165. The van der Waals surface area contributed by atoms with Gasteiger partial charge in [-0.1, -0.05) is 29.5 Å². The van der Waals surface area contributed by atoms with Crippen molar-refractivity contribution in [3.63, 3.8) is 0 Å². The summed E-state index contributed by atoms with van der Waals surface area (Å²) in [6, 6.07) is 19.4. The number of pyridine rings is 2. The number of amides is 1. The van der Waals surface area contributed by atoms with Crippen molar-refractivity contribution >= 4 is 11.6 Å². The molecule has 9 heteroatoms. The van der Waals surface area contributed by atoms with Gasteiger partial charge in [-0.15, -0.1) is 5.10 Å². The van der Waals surface area contributed by atoms with E-state index in [0.29, 0.717) is 26.2 Å². The van der Waals surface area contributed by atoms with Crippen molar-refractivity contribution in [2.75, 3.05) is 11.9 Å². The molecule has 34 heavy (non-hydrogen) atoms. The molecule has 0 aliphatic heterocycles. The first-order valence-electron chi connectivity index (χ1n) is 11.2. The molecular formula is C25H28N8O. The van der Waals surface area contributed by atoms with E-state index in [0.717, 1.165) is 34.8 Å². The third-order valence-corrected chi connectivity index (χ3v) is 5.17. The zero-order valence-electron chi connectivity index (χ0n) is 18.9. The summed E-state index contributed by atoms with van der Waals surface area (Å²) < 4.78 is 1.55. The number of carbonyl (C=O) groups is 1. The number of hydrogen-bond donors (Lipinski definition) is 2. The van der Waals surface area contributed by atoms with E-state index in [2.05, 4.69) is 30.5 Å². The first-order chi connectivity index (χ1) is 16.7. The van der Waals surface area contributed by atoms with Crippen LogP contribution in [0.4, 0.5) is 5.69 Å². The normalized spacial score (nSPS) is 11.0. The molecule has 0 saturated heterocycles. The minimum absolute atomic E-state index is 0.0814. The van der Waals surface area contributed by atoms with E-state index in [1.807, 2.05) is 60.7 Å². The largest absolute Gasteiger partial charge is 0.330 e. The highest BCUT2D eigenvalue weighted by Crippen LogP contribution is 2.12. The van der Waals surface area contributed by atoms with Gasteiger partial charge in [0.2, 0.25) is 5.91 Å². The standard InChI is InChI=1S/C25H28N8O/c26-12-11-20-7-9-21(10-8-20)29-25(34)19-33-18-24(30-31-33)17-32(15-22-5-1-3-13-27-22)16-23-6-2-4-14-28-23/h1-10,13-14,18H,11-12,15-17,19,26H2,(H,29,34). The lowest BCUT2D eigenvalue weighted by molar-refractivity contribution is -0.116. The van der Waals surface area contributed by atoms with Gasteiger partial charge in [0.25, 0.3) is 0 Å². The van der Waals surface area contributed by atoms with E-state index in [9.17, 15) is 4.79 Å². The number of nitrogens with zero attached hydrogens (tertiary/aromatic N) is 6. The molecule has 4 aromatic rings. The van der Waals surface area contributed by atoms with E-state index in [4.69, 9.17) is 5.73 Å². The van der Waals surface area contributed by atoms with Crippen LogP contribution in [0.3, 0.4) is 0 Å². The number of nitrogens with two attached hydrogens (primary N) is 1. The van der Waals surface area contributed by atoms with Gasteiger partial charge >= 0.3 is 0 Å². The summed E-state index contributed by atoms with van der Waals surface area (Å²) in [5.41, 5.74) is 10.2. The van der Waals surface area contributed by atoms with Crippen LogP contribution in [-0.2, 0) is 37.4 Å². The number of carbonyl (C=O) groups excluding carboxylic acids is 1. The van der Waals surface area contributed by atoms with Gasteiger partial charge in [-0.05, 0) is 54.9 Å². The Morgan fingerprint density at radius 2 is 1.53 bits per heavy atom. The molecule has 0 aliphatic carbocycles. The SMILES string of the molecule is NCCc1ccc(NC(=O)Cn2cc(CN(Cc3ccccn3)Cc3ccccn3)nn2)cc1. The van der Waals surface area contributed by atoms with Gasteiger partial charge < -0.3 is 11.1 Å². The predicted octanol–water partition coefficient (Wildman–Crippen LogP) is 2.41. The zero-order chi connectivity index (χ0) is 23.6.